The van der Waals surface area contributed by atoms with Crippen LogP contribution in [0.3, 0.4) is 0 Å². The molecule has 0 fully saturated rings. The Labute approximate surface area is 164 Å². The number of rotatable bonds is 8. The molecular weight excluding hydrogens is 358 g/mol. The molecule has 7 heteroatoms. The third kappa shape index (κ3) is 6.32. The number of anilines is 1. The summed E-state index contributed by atoms with van der Waals surface area (Å²) < 4.78 is 10.4. The largest absolute Gasteiger partial charge is 0.479 e. The topological polar surface area (TPSA) is 91.7 Å². The zero-order chi connectivity index (χ0) is 20.5. The average Bonchev–Trinajstić information content (AvgIpc) is 2.71. The van der Waals surface area contributed by atoms with Gasteiger partial charge in [-0.15, -0.1) is 0 Å². The molecule has 0 aliphatic rings. The summed E-state index contributed by atoms with van der Waals surface area (Å²) in [5.74, 6) is -0.598. The second-order valence-electron chi connectivity index (χ2n) is 6.34. The summed E-state index contributed by atoms with van der Waals surface area (Å²) in [5.41, 5.74) is 2.51. The lowest BCUT2D eigenvalue weighted by molar-refractivity contribution is -0.154. The molecule has 0 radical (unpaired) electrons. The number of carbonyl (C=O) groups excluding carboxylic acids is 2. The van der Waals surface area contributed by atoms with Crippen molar-refractivity contribution in [1.82, 2.24) is 5.32 Å². The highest BCUT2D eigenvalue weighted by Crippen LogP contribution is 2.14. The van der Waals surface area contributed by atoms with Crippen LogP contribution in [0.25, 0.3) is 0 Å². The Morgan fingerprint density at radius 1 is 1.11 bits per heavy atom. The van der Waals surface area contributed by atoms with E-state index in [2.05, 4.69) is 5.32 Å². The van der Waals surface area contributed by atoms with Gasteiger partial charge in [0.25, 0.3) is 5.91 Å². The van der Waals surface area contributed by atoms with Crippen molar-refractivity contribution in [3.05, 3.63) is 59.7 Å². The molecule has 0 unspecified atom stereocenters. The molecule has 0 saturated carbocycles. The summed E-state index contributed by atoms with van der Waals surface area (Å²) >= 11 is 0. The Bertz CT molecular complexity index is 839. The van der Waals surface area contributed by atoms with Crippen LogP contribution in [0.15, 0.2) is 48.5 Å². The van der Waals surface area contributed by atoms with Crippen molar-refractivity contribution in [3.8, 4) is 11.8 Å². The summed E-state index contributed by atoms with van der Waals surface area (Å²) in [6.45, 7) is 1.50. The smallest absolute Gasteiger partial charge is 0.347 e. The number of carbonyl (C=O) groups is 2. The lowest BCUT2D eigenvalue weighted by Crippen LogP contribution is -2.32. The highest BCUT2D eigenvalue weighted by atomic mass is 16.6. The maximum Gasteiger partial charge on any atom is 0.347 e. The molecular formula is C21H23N3O4. The lowest BCUT2D eigenvalue weighted by Gasteiger charge is -2.14. The third-order valence-corrected chi connectivity index (χ3v) is 3.92. The molecule has 7 nitrogen and oxygen atoms in total. The second-order valence-corrected chi connectivity index (χ2v) is 6.34. The molecule has 1 atom stereocenters. The van der Waals surface area contributed by atoms with Gasteiger partial charge in [-0.25, -0.2) is 4.79 Å². The summed E-state index contributed by atoms with van der Waals surface area (Å²) in [5, 5.41) is 11.5. The van der Waals surface area contributed by atoms with Gasteiger partial charge in [-0.2, -0.15) is 5.26 Å². The highest BCUT2D eigenvalue weighted by molar-refractivity contribution is 5.82. The number of hydrogen-bond acceptors (Lipinski definition) is 6. The van der Waals surface area contributed by atoms with Gasteiger partial charge < -0.3 is 19.7 Å². The molecule has 0 spiro atoms. The first kappa shape index (κ1) is 20.8. The van der Waals surface area contributed by atoms with E-state index in [9.17, 15) is 9.59 Å². The van der Waals surface area contributed by atoms with Crippen LogP contribution in [0.5, 0.6) is 5.75 Å². The van der Waals surface area contributed by atoms with E-state index in [-0.39, 0.29) is 6.61 Å². The molecule has 0 saturated heterocycles. The number of nitrogens with one attached hydrogen (secondary N) is 1. The van der Waals surface area contributed by atoms with Crippen LogP contribution in [0.4, 0.5) is 5.69 Å². The number of amides is 1. The highest BCUT2D eigenvalue weighted by Gasteiger charge is 2.17. The molecule has 0 aromatic heterocycles. The van der Waals surface area contributed by atoms with Gasteiger partial charge in [0.15, 0.2) is 12.7 Å². The molecule has 0 aliphatic heterocycles. The Morgan fingerprint density at radius 3 is 2.32 bits per heavy atom. The van der Waals surface area contributed by atoms with Crippen molar-refractivity contribution in [2.24, 2.45) is 0 Å². The lowest BCUT2D eigenvalue weighted by atomic mass is 10.2. The van der Waals surface area contributed by atoms with Gasteiger partial charge in [0, 0.05) is 26.3 Å². The van der Waals surface area contributed by atoms with Gasteiger partial charge in [0.2, 0.25) is 0 Å². The maximum atomic E-state index is 12.0. The van der Waals surface area contributed by atoms with E-state index in [1.807, 2.05) is 49.3 Å². The number of nitriles is 1. The Morgan fingerprint density at radius 2 is 1.75 bits per heavy atom. The van der Waals surface area contributed by atoms with E-state index in [4.69, 9.17) is 14.7 Å². The quantitative estimate of drug-likeness (QED) is 0.705. The van der Waals surface area contributed by atoms with Crippen molar-refractivity contribution in [1.29, 1.82) is 5.26 Å². The van der Waals surface area contributed by atoms with E-state index in [0.29, 0.717) is 17.9 Å². The number of hydrogen-bond donors (Lipinski definition) is 1. The van der Waals surface area contributed by atoms with E-state index in [1.54, 1.807) is 24.3 Å². The molecule has 2 aromatic rings. The van der Waals surface area contributed by atoms with Gasteiger partial charge in [-0.3, -0.25) is 4.79 Å². The number of nitrogens with zero attached hydrogens (tertiary/aromatic N) is 2. The van der Waals surface area contributed by atoms with Crippen LogP contribution in [-0.4, -0.2) is 38.7 Å². The normalized spacial score (nSPS) is 11.1. The standard InChI is InChI=1S/C21H23N3O4/c1-15(28-19-10-6-16(12-22)7-11-19)21(26)27-14-20(25)23-13-17-4-8-18(9-5-17)24(2)3/h4-11,15H,13-14H2,1-3H3,(H,23,25)/t15-/m1/s1. The molecule has 28 heavy (non-hydrogen) atoms. The first-order valence-electron chi connectivity index (χ1n) is 8.75. The summed E-state index contributed by atoms with van der Waals surface area (Å²) in [6, 6.07) is 16.1. The van der Waals surface area contributed by atoms with Crippen LogP contribution in [0.1, 0.15) is 18.1 Å². The molecule has 146 valence electrons. The van der Waals surface area contributed by atoms with E-state index < -0.39 is 18.0 Å². The predicted octanol–water partition coefficient (Wildman–Crippen LogP) is 2.25. The van der Waals surface area contributed by atoms with Crippen LogP contribution in [-0.2, 0) is 20.9 Å². The summed E-state index contributed by atoms with van der Waals surface area (Å²) in [4.78, 5) is 25.8. The zero-order valence-corrected chi connectivity index (χ0v) is 16.1. The van der Waals surface area contributed by atoms with Crippen LogP contribution >= 0.6 is 0 Å². The van der Waals surface area contributed by atoms with Gasteiger partial charge in [0.05, 0.1) is 11.6 Å². The fourth-order valence-corrected chi connectivity index (χ4v) is 2.28. The molecule has 2 aromatic carbocycles. The second kappa shape index (κ2) is 9.97. The number of benzene rings is 2. The average molecular weight is 381 g/mol. The number of esters is 1. The summed E-state index contributed by atoms with van der Waals surface area (Å²) in [7, 11) is 3.91. The first-order chi connectivity index (χ1) is 13.4. The zero-order valence-electron chi connectivity index (χ0n) is 16.1. The van der Waals surface area contributed by atoms with E-state index >= 15 is 0 Å². The van der Waals surface area contributed by atoms with Crippen LogP contribution < -0.4 is 15.0 Å². The maximum absolute atomic E-state index is 12.0. The molecule has 1 amide bonds. The van der Waals surface area contributed by atoms with Crippen LogP contribution in [0.2, 0.25) is 0 Å². The third-order valence-electron chi connectivity index (χ3n) is 3.92. The molecule has 0 aliphatic carbocycles. The van der Waals surface area contributed by atoms with Gasteiger partial charge in [-0.05, 0) is 48.9 Å². The monoisotopic (exact) mass is 381 g/mol. The number of ether oxygens (including phenoxy) is 2. The molecule has 1 N–H and O–H groups in total. The van der Waals surface area contributed by atoms with Gasteiger partial charge >= 0.3 is 5.97 Å². The molecule has 0 bridgehead atoms. The minimum absolute atomic E-state index is 0.349. The van der Waals surface area contributed by atoms with Crippen molar-refractivity contribution in [2.45, 2.75) is 19.6 Å². The predicted molar refractivity (Wildman–Crippen MR) is 105 cm³/mol. The van der Waals surface area contributed by atoms with Gasteiger partial charge in [-0.1, -0.05) is 12.1 Å². The first-order valence-corrected chi connectivity index (χ1v) is 8.75. The molecule has 2 rings (SSSR count). The van der Waals surface area contributed by atoms with E-state index in [0.717, 1.165) is 11.3 Å². The fraction of sp³-hybridized carbons (Fsp3) is 0.286. The van der Waals surface area contributed by atoms with Crippen molar-refractivity contribution in [2.75, 3.05) is 25.6 Å². The Balaban J connectivity index is 1.73. The van der Waals surface area contributed by atoms with Crippen molar-refractivity contribution in [3.63, 3.8) is 0 Å². The van der Waals surface area contributed by atoms with Crippen molar-refractivity contribution < 1.29 is 19.1 Å². The van der Waals surface area contributed by atoms with Crippen LogP contribution in [0, 0.1) is 11.3 Å². The van der Waals surface area contributed by atoms with Crippen molar-refractivity contribution >= 4 is 17.6 Å². The fourth-order valence-electron chi connectivity index (χ4n) is 2.28. The Kier molecular flexibility index (Phi) is 7.40. The SMILES string of the molecule is C[C@@H](Oc1ccc(C#N)cc1)C(=O)OCC(=O)NCc1ccc(N(C)C)cc1. The minimum atomic E-state index is -0.876. The Hall–Kier alpha value is -3.53. The minimum Gasteiger partial charge on any atom is -0.479 e. The summed E-state index contributed by atoms with van der Waals surface area (Å²) in [6.07, 6.45) is -0.876. The molecule has 0 heterocycles. The van der Waals surface area contributed by atoms with Gasteiger partial charge in [0.1, 0.15) is 5.75 Å². The van der Waals surface area contributed by atoms with E-state index in [1.165, 1.54) is 6.92 Å².